The fraction of sp³-hybridized carbons (Fsp3) is 0.661. The molecule has 3 aromatic heterocycles. The molecular formula is C56H79N9O8S. The van der Waals surface area contributed by atoms with Crippen LogP contribution in [0.5, 0.6) is 0 Å². The van der Waals surface area contributed by atoms with Crippen molar-refractivity contribution >= 4 is 45.7 Å². The predicted molar refractivity (Wildman–Crippen MR) is 286 cm³/mol. The second kappa shape index (κ2) is 22.6. The average Bonchev–Trinajstić information content (AvgIpc) is 3.71. The van der Waals surface area contributed by atoms with E-state index in [1.807, 2.05) is 6.20 Å². The molecule has 1 saturated carbocycles. The van der Waals surface area contributed by atoms with Gasteiger partial charge in [0.1, 0.15) is 17.1 Å². The maximum atomic E-state index is 15.3. The molecule has 8 heterocycles. The number of fused-ring (bicyclic) bond motifs is 6. The summed E-state index contributed by atoms with van der Waals surface area (Å²) in [6.07, 6.45) is 5.20. The lowest BCUT2D eigenvalue weighted by Crippen LogP contribution is -2.63. The van der Waals surface area contributed by atoms with E-state index in [1.165, 1.54) is 11.3 Å². The first kappa shape index (κ1) is 52.9. The lowest BCUT2D eigenvalue weighted by Gasteiger charge is -2.41. The monoisotopic (exact) mass is 1040 g/mol. The van der Waals surface area contributed by atoms with Crippen LogP contribution in [0, 0.1) is 29.1 Å². The van der Waals surface area contributed by atoms with Crippen LogP contribution in [0.2, 0.25) is 0 Å². The van der Waals surface area contributed by atoms with E-state index in [2.05, 4.69) is 108 Å². The topological polar surface area (TPSA) is 165 Å². The van der Waals surface area contributed by atoms with Gasteiger partial charge in [0.15, 0.2) is 0 Å². The van der Waals surface area contributed by atoms with Gasteiger partial charge in [-0.1, -0.05) is 40.7 Å². The van der Waals surface area contributed by atoms with Crippen LogP contribution < -0.4 is 15.6 Å². The van der Waals surface area contributed by atoms with Gasteiger partial charge in [-0.05, 0) is 87.6 Å². The summed E-state index contributed by atoms with van der Waals surface area (Å²) in [7, 11) is 3.91. The van der Waals surface area contributed by atoms with E-state index in [0.29, 0.717) is 84.4 Å². The number of hydrazine groups is 1. The first-order valence-corrected chi connectivity index (χ1v) is 28.2. The molecule has 1 aromatic carbocycles. The Kier molecular flexibility index (Phi) is 16.1. The van der Waals surface area contributed by atoms with Gasteiger partial charge >= 0.3 is 5.97 Å². The van der Waals surface area contributed by atoms with Gasteiger partial charge in [0.2, 0.25) is 5.91 Å². The van der Waals surface area contributed by atoms with Gasteiger partial charge in [0.25, 0.3) is 5.91 Å². The summed E-state index contributed by atoms with van der Waals surface area (Å²) in [6.45, 7) is 21.6. The molecule has 0 radical (unpaired) electrons. The Morgan fingerprint density at radius 3 is 2.47 bits per heavy atom. The molecule has 5 fully saturated rings. The zero-order chi connectivity index (χ0) is 51.8. The van der Waals surface area contributed by atoms with Crippen molar-refractivity contribution in [1.82, 2.24) is 40.1 Å². The number of likely N-dealkylation sites (N-methyl/N-ethyl adjacent to an activating group) is 1. The third-order valence-electron chi connectivity index (χ3n) is 16.7. The van der Waals surface area contributed by atoms with E-state index in [4.69, 9.17) is 33.7 Å². The van der Waals surface area contributed by atoms with Crippen molar-refractivity contribution in [2.45, 2.75) is 111 Å². The molecular weight excluding hydrogens is 959 g/mol. The summed E-state index contributed by atoms with van der Waals surface area (Å²) in [4.78, 5) is 61.8. The van der Waals surface area contributed by atoms with Gasteiger partial charge in [0.05, 0.1) is 73.6 Å². The number of morpholine rings is 1. The summed E-state index contributed by atoms with van der Waals surface area (Å²) in [5, 5.41) is 8.76. The minimum Gasteiger partial charge on any atom is -0.464 e. The maximum Gasteiger partial charge on any atom is 0.324 e. The van der Waals surface area contributed by atoms with Crippen molar-refractivity contribution in [2.24, 2.45) is 29.1 Å². The Morgan fingerprint density at radius 2 is 1.74 bits per heavy atom. The third-order valence-corrected chi connectivity index (χ3v) is 17.6. The molecule has 6 bridgehead atoms. The normalized spacial score (nSPS) is 27.0. The summed E-state index contributed by atoms with van der Waals surface area (Å²) in [5.41, 5.74) is 10.6. The Balaban J connectivity index is 1.14. The molecule has 402 valence electrons. The van der Waals surface area contributed by atoms with Crippen molar-refractivity contribution in [2.75, 3.05) is 105 Å². The number of hydrogen-bond donors (Lipinski definition) is 2. The van der Waals surface area contributed by atoms with Crippen LogP contribution in [0.15, 0.2) is 35.8 Å². The van der Waals surface area contributed by atoms with E-state index >= 15 is 4.79 Å². The number of carbonyl (C=O) groups is 3. The number of carbonyl (C=O) groups excluding carboxylic acids is 3. The van der Waals surface area contributed by atoms with Gasteiger partial charge in [0, 0.05) is 111 Å². The van der Waals surface area contributed by atoms with Gasteiger partial charge < -0.3 is 43.4 Å². The molecule has 4 aromatic rings. The summed E-state index contributed by atoms with van der Waals surface area (Å²) in [6, 6.07) is 6.59. The molecule has 7 atom stereocenters. The second-order valence-electron chi connectivity index (χ2n) is 22.8. The quantitative estimate of drug-likeness (QED) is 0.148. The molecule has 1 aliphatic carbocycles. The number of hydrogen-bond acceptors (Lipinski definition) is 15. The minimum atomic E-state index is -0.992. The highest BCUT2D eigenvalue weighted by molar-refractivity contribution is 7.10. The highest BCUT2D eigenvalue weighted by Gasteiger charge is 2.54. The fourth-order valence-corrected chi connectivity index (χ4v) is 13.3. The standard InChI is InChI=1S/C56H79N9O8S/c1-34(2)46-35(3)47(46)52(66)59-49-51(63-20-25-71-26-21-63)53-58-44(32-74-53)37-11-12-45-40(28-37)42(30-56(5,6)33-73-55(68)43-10-9-15-65(60-43)54(49)67)50(64(45)22-27-72-39-13-23-70-24-14-39)41-29-38(31-57-48(41)36(4)69-8)62-18-16-61(7)17-19-62/h11-12,28-29,31-32,34-36,39,43,46-47,49,51,60H,9-10,13-27,30,33H2,1-8H3,(H,59,66)/t35-,36+,43+,46+,47+,49+,51+/m1/s1. The van der Waals surface area contributed by atoms with Crippen molar-refractivity contribution in [1.29, 1.82) is 0 Å². The van der Waals surface area contributed by atoms with Crippen LogP contribution in [0.25, 0.3) is 33.4 Å². The Labute approximate surface area is 440 Å². The van der Waals surface area contributed by atoms with Gasteiger partial charge in [-0.2, -0.15) is 0 Å². The van der Waals surface area contributed by atoms with Gasteiger partial charge in [-0.3, -0.25) is 29.3 Å². The molecule has 2 N–H and O–H groups in total. The number of thiazole rings is 1. The van der Waals surface area contributed by atoms with Crippen LogP contribution in [-0.4, -0.2) is 165 Å². The number of ether oxygens (including phenoxy) is 5. The molecule has 74 heavy (non-hydrogen) atoms. The highest BCUT2D eigenvalue weighted by atomic mass is 32.1. The predicted octanol–water partition coefficient (Wildman–Crippen LogP) is 6.50. The average molecular weight is 1040 g/mol. The molecule has 2 amide bonds. The molecule has 0 spiro atoms. The largest absolute Gasteiger partial charge is 0.464 e. The van der Waals surface area contributed by atoms with E-state index < -0.39 is 29.5 Å². The summed E-state index contributed by atoms with van der Waals surface area (Å²) < 4.78 is 33.1. The number of rotatable bonds is 12. The number of cyclic esters (lactones) is 1. The lowest BCUT2D eigenvalue weighted by atomic mass is 9.84. The Bertz CT molecular complexity index is 2640. The smallest absolute Gasteiger partial charge is 0.324 e. The van der Waals surface area contributed by atoms with Crippen molar-refractivity contribution in [3.8, 4) is 22.5 Å². The molecule has 5 aliphatic heterocycles. The number of nitrogens with zero attached hydrogens (tertiary/aromatic N) is 7. The van der Waals surface area contributed by atoms with Crippen molar-refractivity contribution in [3.05, 3.63) is 52.1 Å². The number of anilines is 1. The van der Waals surface area contributed by atoms with E-state index in [1.54, 1.807) is 12.1 Å². The SMILES string of the molecule is CO[C@@H](C)c1ncc(N2CCN(C)CC2)cc1-c1c2c3cc(ccc3n1CCOC1CCOCC1)-c1csc(n1)[C@@H](N1CCOCC1)[C@H](NC(=O)[C@H]1[C@H](C)[C@@H]1C(C)C)C(=O)N1CCC[C@H](N1)C(=O)OCC(C)(C)C2. The molecule has 4 saturated heterocycles. The summed E-state index contributed by atoms with van der Waals surface area (Å²) >= 11 is 1.51. The number of nitrogens with one attached hydrogen (secondary N) is 2. The van der Waals surface area contributed by atoms with E-state index in [-0.39, 0.29) is 48.4 Å². The van der Waals surface area contributed by atoms with Crippen LogP contribution >= 0.6 is 11.3 Å². The van der Waals surface area contributed by atoms with E-state index in [0.717, 1.165) is 94.4 Å². The molecule has 10 rings (SSSR count). The number of pyridine rings is 1. The minimum absolute atomic E-state index is 0.120. The van der Waals surface area contributed by atoms with E-state index in [9.17, 15) is 9.59 Å². The molecule has 18 heteroatoms. The maximum absolute atomic E-state index is 15.3. The number of aromatic nitrogens is 3. The number of piperazine rings is 1. The number of methoxy groups -OCH3 is 1. The molecule has 0 unspecified atom stereocenters. The lowest BCUT2D eigenvalue weighted by molar-refractivity contribution is -0.156. The Morgan fingerprint density at radius 1 is 0.986 bits per heavy atom. The van der Waals surface area contributed by atoms with Crippen LogP contribution in [0.3, 0.4) is 0 Å². The van der Waals surface area contributed by atoms with Crippen LogP contribution in [0.4, 0.5) is 5.69 Å². The van der Waals surface area contributed by atoms with Gasteiger partial charge in [-0.25, -0.2) is 10.4 Å². The molecule has 6 aliphatic rings. The zero-order valence-corrected chi connectivity index (χ0v) is 45.7. The van der Waals surface area contributed by atoms with Crippen LogP contribution in [-0.2, 0) is 51.0 Å². The van der Waals surface area contributed by atoms with Crippen LogP contribution in [0.1, 0.15) is 95.6 Å². The molecule has 17 nitrogen and oxygen atoms in total. The first-order valence-electron chi connectivity index (χ1n) is 27.3. The number of esters is 1. The van der Waals surface area contributed by atoms with Crippen molar-refractivity contribution < 1.29 is 38.1 Å². The van der Waals surface area contributed by atoms with Gasteiger partial charge in [-0.15, -0.1) is 11.3 Å². The summed E-state index contributed by atoms with van der Waals surface area (Å²) in [5.74, 6) is -0.256. The number of amides is 2. The van der Waals surface area contributed by atoms with Crippen molar-refractivity contribution in [3.63, 3.8) is 0 Å². The zero-order valence-electron chi connectivity index (χ0n) is 44.9. The number of benzene rings is 1. The first-order chi connectivity index (χ1) is 35.7. The fourth-order valence-electron chi connectivity index (χ4n) is 12.3. The highest BCUT2D eigenvalue weighted by Crippen LogP contribution is 2.51. The Hall–Kier alpha value is -4.53. The second-order valence-corrected chi connectivity index (χ2v) is 23.7. The third kappa shape index (κ3) is 11.2.